The smallest absolute Gasteiger partial charge is 0.263 e. The molecule has 0 saturated carbocycles. The van der Waals surface area contributed by atoms with Gasteiger partial charge in [-0.25, -0.2) is 12.8 Å². The molecule has 0 N–H and O–H groups in total. The van der Waals surface area contributed by atoms with Crippen LogP contribution in [0.25, 0.3) is 0 Å². The Hall–Kier alpha value is -2.32. The fraction of sp³-hybridized carbons (Fsp3) is 0.381. The lowest BCUT2D eigenvalue weighted by molar-refractivity contribution is -0.140. The number of rotatable bonds is 7. The summed E-state index contributed by atoms with van der Waals surface area (Å²) in [5, 5.41) is 0.173. The van der Waals surface area contributed by atoms with Gasteiger partial charge in [0.05, 0.1) is 25.2 Å². The van der Waals surface area contributed by atoms with Gasteiger partial charge in [0.1, 0.15) is 5.82 Å². The first-order chi connectivity index (χ1) is 14.2. The quantitative estimate of drug-likeness (QED) is 0.639. The van der Waals surface area contributed by atoms with Crippen LogP contribution in [-0.2, 0) is 21.2 Å². The number of nitrogens with zero attached hydrogens (tertiary/aromatic N) is 1. The third-order valence-electron chi connectivity index (χ3n) is 5.04. The maximum atomic E-state index is 14.4. The molecular formula is C21H23ClFNO5S. The molecule has 1 fully saturated rings. The molecule has 2 aromatic rings. The summed E-state index contributed by atoms with van der Waals surface area (Å²) in [6.45, 7) is 1.42. The molecule has 1 amide bonds. The highest BCUT2D eigenvalue weighted by Crippen LogP contribution is 2.29. The van der Waals surface area contributed by atoms with Crippen LogP contribution in [0, 0.1) is 5.82 Å². The SMILES string of the molecule is COc1ccccc1O[C@H](C)C(=O)N(Cc1c(F)cccc1Cl)[C@H]1CCS(=O)(=O)C1. The summed E-state index contributed by atoms with van der Waals surface area (Å²) < 4.78 is 49.4. The molecule has 30 heavy (non-hydrogen) atoms. The van der Waals surface area contributed by atoms with Crippen molar-refractivity contribution >= 4 is 27.3 Å². The van der Waals surface area contributed by atoms with Gasteiger partial charge in [0.2, 0.25) is 0 Å². The van der Waals surface area contributed by atoms with Gasteiger partial charge in [-0.1, -0.05) is 29.8 Å². The van der Waals surface area contributed by atoms with Crippen LogP contribution in [0.4, 0.5) is 4.39 Å². The van der Waals surface area contributed by atoms with E-state index < -0.39 is 33.7 Å². The Morgan fingerprint density at radius 3 is 2.53 bits per heavy atom. The Labute approximate surface area is 180 Å². The molecule has 0 aromatic heterocycles. The van der Waals surface area contributed by atoms with Crippen molar-refractivity contribution < 1.29 is 27.1 Å². The van der Waals surface area contributed by atoms with Crippen LogP contribution >= 0.6 is 11.6 Å². The Balaban J connectivity index is 1.88. The van der Waals surface area contributed by atoms with E-state index in [2.05, 4.69) is 0 Å². The van der Waals surface area contributed by atoms with Crippen molar-refractivity contribution in [2.75, 3.05) is 18.6 Å². The Bertz CT molecular complexity index is 1010. The number of sulfone groups is 1. The maximum absolute atomic E-state index is 14.4. The molecule has 9 heteroatoms. The average molecular weight is 456 g/mol. The summed E-state index contributed by atoms with van der Waals surface area (Å²) in [6.07, 6.45) is -0.670. The molecule has 0 unspecified atom stereocenters. The highest BCUT2D eigenvalue weighted by Gasteiger charge is 2.37. The molecule has 0 bridgehead atoms. The monoisotopic (exact) mass is 455 g/mol. The number of hydrogen-bond donors (Lipinski definition) is 0. The molecule has 1 aliphatic rings. The van der Waals surface area contributed by atoms with Gasteiger partial charge < -0.3 is 14.4 Å². The number of ether oxygens (including phenoxy) is 2. The van der Waals surface area contributed by atoms with E-state index >= 15 is 0 Å². The summed E-state index contributed by atoms with van der Waals surface area (Å²) in [4.78, 5) is 14.6. The number of benzene rings is 2. The predicted molar refractivity (Wildman–Crippen MR) is 112 cm³/mol. The Morgan fingerprint density at radius 1 is 1.23 bits per heavy atom. The minimum Gasteiger partial charge on any atom is -0.493 e. The largest absolute Gasteiger partial charge is 0.493 e. The normalized spacial score (nSPS) is 18.6. The lowest BCUT2D eigenvalue weighted by Crippen LogP contribution is -2.46. The minimum absolute atomic E-state index is 0.0196. The molecular weight excluding hydrogens is 433 g/mol. The number of amides is 1. The van der Waals surface area contributed by atoms with Crippen molar-refractivity contribution in [1.29, 1.82) is 0 Å². The highest BCUT2D eigenvalue weighted by atomic mass is 35.5. The van der Waals surface area contributed by atoms with Gasteiger partial charge in [0, 0.05) is 16.6 Å². The number of hydrogen-bond acceptors (Lipinski definition) is 5. The van der Waals surface area contributed by atoms with Gasteiger partial charge in [-0.2, -0.15) is 0 Å². The molecule has 2 aromatic carbocycles. The van der Waals surface area contributed by atoms with E-state index in [1.165, 1.54) is 30.2 Å². The second-order valence-electron chi connectivity index (χ2n) is 7.13. The van der Waals surface area contributed by atoms with E-state index in [0.29, 0.717) is 11.5 Å². The zero-order chi connectivity index (χ0) is 21.9. The van der Waals surface area contributed by atoms with Gasteiger partial charge in [-0.15, -0.1) is 0 Å². The molecule has 1 aliphatic heterocycles. The van der Waals surface area contributed by atoms with Crippen LogP contribution in [0.15, 0.2) is 42.5 Å². The van der Waals surface area contributed by atoms with Gasteiger partial charge >= 0.3 is 0 Å². The second kappa shape index (κ2) is 9.22. The van der Waals surface area contributed by atoms with E-state index in [0.717, 1.165) is 0 Å². The minimum atomic E-state index is -3.26. The third kappa shape index (κ3) is 5.05. The first kappa shape index (κ1) is 22.4. The average Bonchev–Trinajstić information content (AvgIpc) is 3.07. The Morgan fingerprint density at radius 2 is 1.93 bits per heavy atom. The number of halogens is 2. The molecule has 0 radical (unpaired) electrons. The summed E-state index contributed by atoms with van der Waals surface area (Å²) in [7, 11) is -1.77. The topological polar surface area (TPSA) is 72.9 Å². The number of methoxy groups -OCH3 is 1. The van der Waals surface area contributed by atoms with E-state index in [4.69, 9.17) is 21.1 Å². The zero-order valence-corrected chi connectivity index (χ0v) is 18.2. The van der Waals surface area contributed by atoms with Gasteiger partial charge in [0.15, 0.2) is 27.4 Å². The van der Waals surface area contributed by atoms with Gasteiger partial charge in [0.25, 0.3) is 5.91 Å². The summed E-state index contributed by atoms with van der Waals surface area (Å²) in [6, 6.07) is 10.6. The maximum Gasteiger partial charge on any atom is 0.263 e. The second-order valence-corrected chi connectivity index (χ2v) is 9.77. The number of para-hydroxylation sites is 2. The van der Waals surface area contributed by atoms with Crippen LogP contribution in [-0.4, -0.2) is 50.0 Å². The fourth-order valence-corrected chi connectivity index (χ4v) is 5.41. The Kier molecular flexibility index (Phi) is 6.88. The van der Waals surface area contributed by atoms with Crippen LogP contribution in [0.1, 0.15) is 18.9 Å². The highest BCUT2D eigenvalue weighted by molar-refractivity contribution is 7.91. The molecule has 1 heterocycles. The summed E-state index contributed by atoms with van der Waals surface area (Å²) in [5.74, 6) is -0.366. The lowest BCUT2D eigenvalue weighted by Gasteiger charge is -2.31. The fourth-order valence-electron chi connectivity index (χ4n) is 3.45. The van der Waals surface area contributed by atoms with Crippen molar-refractivity contribution in [3.8, 4) is 11.5 Å². The van der Waals surface area contributed by atoms with Crippen molar-refractivity contribution in [2.45, 2.75) is 32.0 Å². The summed E-state index contributed by atoms with van der Waals surface area (Å²) in [5.41, 5.74) is 0.140. The molecule has 1 saturated heterocycles. The van der Waals surface area contributed by atoms with Crippen LogP contribution in [0.5, 0.6) is 11.5 Å². The van der Waals surface area contributed by atoms with Crippen molar-refractivity contribution in [3.05, 3.63) is 58.9 Å². The lowest BCUT2D eigenvalue weighted by atomic mass is 10.1. The van der Waals surface area contributed by atoms with Crippen molar-refractivity contribution in [2.24, 2.45) is 0 Å². The van der Waals surface area contributed by atoms with Crippen molar-refractivity contribution in [3.63, 3.8) is 0 Å². The van der Waals surface area contributed by atoms with Crippen molar-refractivity contribution in [1.82, 2.24) is 4.90 Å². The molecule has 0 spiro atoms. The van der Waals surface area contributed by atoms with Crippen LogP contribution in [0.2, 0.25) is 5.02 Å². The van der Waals surface area contributed by atoms with Crippen LogP contribution in [0.3, 0.4) is 0 Å². The molecule has 2 atom stereocenters. The van der Waals surface area contributed by atoms with Gasteiger partial charge in [-0.05, 0) is 37.6 Å². The van der Waals surface area contributed by atoms with E-state index in [1.807, 2.05) is 0 Å². The van der Waals surface area contributed by atoms with E-state index in [-0.39, 0.29) is 35.1 Å². The van der Waals surface area contributed by atoms with Gasteiger partial charge in [-0.3, -0.25) is 4.79 Å². The predicted octanol–water partition coefficient (Wildman–Crippen LogP) is 3.47. The molecule has 0 aliphatic carbocycles. The number of carbonyl (C=O) groups excluding carboxylic acids is 1. The van der Waals surface area contributed by atoms with Crippen LogP contribution < -0.4 is 9.47 Å². The third-order valence-corrected chi connectivity index (χ3v) is 7.15. The standard InChI is InChI=1S/C21H23ClFNO5S/c1-14(29-20-9-4-3-8-19(20)28-2)21(25)24(15-10-11-30(26,27)13-15)12-16-17(22)6-5-7-18(16)23/h3-9,14-15H,10-13H2,1-2H3/t14-,15+/m1/s1. The van der Waals surface area contributed by atoms with E-state index in [1.54, 1.807) is 31.2 Å². The molecule has 3 rings (SSSR count). The zero-order valence-electron chi connectivity index (χ0n) is 16.7. The summed E-state index contributed by atoms with van der Waals surface area (Å²) >= 11 is 6.15. The first-order valence-electron chi connectivity index (χ1n) is 9.45. The number of carbonyl (C=O) groups is 1. The van der Waals surface area contributed by atoms with E-state index in [9.17, 15) is 17.6 Å². The first-order valence-corrected chi connectivity index (χ1v) is 11.6. The molecule has 162 valence electrons. The molecule has 6 nitrogen and oxygen atoms in total.